The second-order valence-corrected chi connectivity index (χ2v) is 14.8. The van der Waals surface area contributed by atoms with E-state index in [0.29, 0.717) is 23.6 Å². The molecule has 230 valence electrons. The molecule has 2 aromatic heterocycles. The molecular formula is C34H40N6O2S2. The zero-order chi connectivity index (χ0) is 29.6. The second kappa shape index (κ2) is 12.1. The summed E-state index contributed by atoms with van der Waals surface area (Å²) in [5.41, 5.74) is 6.41. The number of nitrogens with one attached hydrogen (secondary N) is 4. The molecule has 4 aromatic rings. The molecule has 0 amide bonds. The van der Waals surface area contributed by atoms with E-state index in [0.717, 1.165) is 54.7 Å². The summed E-state index contributed by atoms with van der Waals surface area (Å²) < 4.78 is 0. The molecule has 2 unspecified atom stereocenters. The largest absolute Gasteiger partial charge is 0.388 e. The summed E-state index contributed by atoms with van der Waals surface area (Å²) in [6.07, 6.45) is 8.09. The van der Waals surface area contributed by atoms with Crippen molar-refractivity contribution < 1.29 is 10.2 Å². The Bertz CT molecular complexity index is 1590. The third-order valence-corrected chi connectivity index (χ3v) is 11.9. The lowest BCUT2D eigenvalue weighted by Crippen LogP contribution is -2.43. The van der Waals surface area contributed by atoms with Crippen LogP contribution in [0.3, 0.4) is 0 Å². The van der Waals surface area contributed by atoms with Crippen LogP contribution < -0.4 is 10.6 Å². The molecule has 10 heteroatoms. The summed E-state index contributed by atoms with van der Waals surface area (Å²) in [5.74, 6) is 1.26. The molecular weight excluding hydrogens is 589 g/mol. The lowest BCUT2D eigenvalue weighted by atomic mass is 10.0. The smallest absolute Gasteiger partial charge is 0.115 e. The van der Waals surface area contributed by atoms with Gasteiger partial charge in [-0.05, 0) is 49.9 Å². The molecule has 0 radical (unpaired) electrons. The zero-order valence-electron chi connectivity index (χ0n) is 24.8. The summed E-state index contributed by atoms with van der Waals surface area (Å²) >= 11 is 3.27. The molecule has 4 heterocycles. The van der Waals surface area contributed by atoms with Gasteiger partial charge in [0.2, 0.25) is 0 Å². The minimum absolute atomic E-state index is 0.381. The van der Waals surface area contributed by atoms with Crippen LogP contribution in [0.5, 0.6) is 0 Å². The average molecular weight is 629 g/mol. The standard InChI is InChI=1S/C34H40N6O2S2/c41-31(27-17-43-33(39-27)25-15-19-7-5-13-23(29(19)37-25)35-21-9-1-2-10-21)32(42)28-18-44-34(40-28)26-16-20-8-6-14-24(30(20)38-26)36-22-11-3-4-12-22/h5-8,13-16,21-22,27-28,31-32,35-38,41-42H,1-4,9-12,17-18H2/t27-,28-,31?,32?/m0/s1. The van der Waals surface area contributed by atoms with Gasteiger partial charge < -0.3 is 30.8 Å². The molecule has 0 bridgehead atoms. The van der Waals surface area contributed by atoms with Gasteiger partial charge >= 0.3 is 0 Å². The van der Waals surface area contributed by atoms with E-state index >= 15 is 0 Å². The lowest BCUT2D eigenvalue weighted by Gasteiger charge is -2.24. The Morgan fingerprint density at radius 2 is 1.09 bits per heavy atom. The van der Waals surface area contributed by atoms with Crippen LogP contribution in [0.25, 0.3) is 21.8 Å². The maximum atomic E-state index is 11.2. The van der Waals surface area contributed by atoms with Crippen LogP contribution in [-0.2, 0) is 0 Å². The number of aliphatic imine (C=N–C) groups is 2. The van der Waals surface area contributed by atoms with Gasteiger partial charge in [-0.3, -0.25) is 9.98 Å². The molecule has 0 spiro atoms. The number of aliphatic hydroxyl groups excluding tert-OH is 2. The van der Waals surface area contributed by atoms with Crippen molar-refractivity contribution in [3.8, 4) is 0 Å². The van der Waals surface area contributed by atoms with Crippen molar-refractivity contribution in [1.82, 2.24) is 9.97 Å². The fourth-order valence-electron chi connectivity index (χ4n) is 7.24. The van der Waals surface area contributed by atoms with E-state index in [1.54, 1.807) is 23.5 Å². The highest BCUT2D eigenvalue weighted by molar-refractivity contribution is 8.15. The molecule has 4 aliphatic rings. The van der Waals surface area contributed by atoms with Crippen molar-refractivity contribution >= 4 is 66.8 Å². The van der Waals surface area contributed by atoms with Gasteiger partial charge in [0.1, 0.15) is 22.3 Å². The SMILES string of the molecule is OC(C(O)[C@@H]1CSC(c2cc3cccc(NC4CCCC4)c3[nH]2)=N1)[C@@H]1CSC(c2cc3cccc(NC4CCCC4)c3[nH]2)=N1. The number of aromatic amines is 2. The molecule has 6 N–H and O–H groups in total. The van der Waals surface area contributed by atoms with Crippen molar-refractivity contribution in [3.63, 3.8) is 0 Å². The third-order valence-electron chi connectivity index (χ3n) is 9.69. The molecule has 2 fully saturated rings. The Labute approximate surface area is 266 Å². The molecule has 2 saturated carbocycles. The van der Waals surface area contributed by atoms with Crippen molar-refractivity contribution in [2.75, 3.05) is 22.1 Å². The minimum Gasteiger partial charge on any atom is -0.388 e. The van der Waals surface area contributed by atoms with Gasteiger partial charge in [0, 0.05) is 34.4 Å². The molecule has 2 aliphatic carbocycles. The molecule has 8 nitrogen and oxygen atoms in total. The number of para-hydroxylation sites is 2. The van der Waals surface area contributed by atoms with E-state index in [1.165, 1.54) is 51.4 Å². The first kappa shape index (κ1) is 28.5. The van der Waals surface area contributed by atoms with Gasteiger partial charge in [0.25, 0.3) is 0 Å². The Balaban J connectivity index is 0.960. The van der Waals surface area contributed by atoms with Crippen LogP contribution >= 0.6 is 23.5 Å². The fourth-order valence-corrected chi connectivity index (χ4v) is 9.39. The maximum absolute atomic E-state index is 11.2. The highest BCUT2D eigenvalue weighted by Crippen LogP contribution is 2.35. The van der Waals surface area contributed by atoms with Gasteiger partial charge in [-0.15, -0.1) is 23.5 Å². The lowest BCUT2D eigenvalue weighted by molar-refractivity contribution is -0.000172. The van der Waals surface area contributed by atoms with Crippen LogP contribution in [0.15, 0.2) is 58.5 Å². The predicted molar refractivity (Wildman–Crippen MR) is 186 cm³/mol. The topological polar surface area (TPSA) is 121 Å². The van der Waals surface area contributed by atoms with Gasteiger partial charge in [0.05, 0.1) is 45.9 Å². The Kier molecular flexibility index (Phi) is 7.86. The van der Waals surface area contributed by atoms with Crippen LogP contribution in [0, 0.1) is 0 Å². The first-order chi connectivity index (χ1) is 21.6. The minimum atomic E-state index is -0.984. The number of fused-ring (bicyclic) bond motifs is 2. The van der Waals surface area contributed by atoms with E-state index in [9.17, 15) is 10.2 Å². The Morgan fingerprint density at radius 3 is 1.52 bits per heavy atom. The van der Waals surface area contributed by atoms with Gasteiger partial charge in [0.15, 0.2) is 0 Å². The monoisotopic (exact) mass is 628 g/mol. The Hall–Kier alpha value is -2.92. The quantitative estimate of drug-likeness (QED) is 0.126. The number of H-pyrrole nitrogens is 2. The fraction of sp³-hybridized carbons (Fsp3) is 0.471. The van der Waals surface area contributed by atoms with Crippen molar-refractivity contribution in [2.24, 2.45) is 9.98 Å². The Morgan fingerprint density at radius 1 is 0.659 bits per heavy atom. The van der Waals surface area contributed by atoms with Crippen molar-refractivity contribution in [2.45, 2.75) is 87.7 Å². The molecule has 2 aromatic carbocycles. The number of hydrogen-bond donors (Lipinski definition) is 6. The second-order valence-electron chi connectivity index (χ2n) is 12.8. The number of rotatable bonds is 9. The summed E-state index contributed by atoms with van der Waals surface area (Å²) in [6, 6.07) is 17.3. The van der Waals surface area contributed by atoms with Crippen LogP contribution in [0.2, 0.25) is 0 Å². The van der Waals surface area contributed by atoms with Crippen LogP contribution in [0.4, 0.5) is 11.4 Å². The van der Waals surface area contributed by atoms with E-state index in [2.05, 4.69) is 69.1 Å². The first-order valence-electron chi connectivity index (χ1n) is 16.1. The number of anilines is 2. The predicted octanol–water partition coefficient (Wildman–Crippen LogP) is 6.50. The van der Waals surface area contributed by atoms with E-state index < -0.39 is 12.2 Å². The number of benzene rings is 2. The number of hydrogen-bond acceptors (Lipinski definition) is 8. The maximum Gasteiger partial charge on any atom is 0.115 e. The number of nitrogens with zero attached hydrogens (tertiary/aromatic N) is 2. The van der Waals surface area contributed by atoms with E-state index in [4.69, 9.17) is 9.98 Å². The molecule has 4 atom stereocenters. The van der Waals surface area contributed by atoms with E-state index in [-0.39, 0.29) is 12.1 Å². The van der Waals surface area contributed by atoms with Gasteiger partial charge in [-0.1, -0.05) is 49.9 Å². The molecule has 0 saturated heterocycles. The third kappa shape index (κ3) is 5.55. The molecule has 2 aliphatic heterocycles. The molecule has 44 heavy (non-hydrogen) atoms. The van der Waals surface area contributed by atoms with Crippen LogP contribution in [0.1, 0.15) is 62.8 Å². The highest BCUT2D eigenvalue weighted by Gasteiger charge is 2.37. The average Bonchev–Trinajstić information content (AvgIpc) is 3.88. The summed E-state index contributed by atoms with van der Waals surface area (Å²) in [4.78, 5) is 17.0. The summed E-state index contributed by atoms with van der Waals surface area (Å²) in [6.45, 7) is 0. The van der Waals surface area contributed by atoms with E-state index in [1.807, 2.05) is 0 Å². The zero-order valence-corrected chi connectivity index (χ0v) is 26.4. The summed E-state index contributed by atoms with van der Waals surface area (Å²) in [7, 11) is 0. The van der Waals surface area contributed by atoms with Crippen LogP contribution in [-0.4, -0.2) is 78.1 Å². The first-order valence-corrected chi connectivity index (χ1v) is 18.1. The number of thioether (sulfide) groups is 2. The van der Waals surface area contributed by atoms with Crippen molar-refractivity contribution in [1.29, 1.82) is 0 Å². The normalized spacial score (nSPS) is 24.3. The van der Waals surface area contributed by atoms with Crippen molar-refractivity contribution in [3.05, 3.63) is 59.9 Å². The van der Waals surface area contributed by atoms with Gasteiger partial charge in [-0.2, -0.15) is 0 Å². The number of aliphatic hydroxyl groups is 2. The number of aromatic nitrogens is 2. The summed E-state index contributed by atoms with van der Waals surface area (Å²) in [5, 5.41) is 34.0. The van der Waals surface area contributed by atoms with Gasteiger partial charge in [-0.25, -0.2) is 0 Å². The molecule has 8 rings (SSSR count). The highest BCUT2D eigenvalue weighted by atomic mass is 32.2.